The number of benzene rings is 1. The van der Waals surface area contributed by atoms with E-state index in [2.05, 4.69) is 42.3 Å². The van der Waals surface area contributed by atoms with Gasteiger partial charge in [-0.25, -0.2) is 4.98 Å². The number of rotatable bonds is 9. The van der Waals surface area contributed by atoms with E-state index in [1.165, 1.54) is 32.0 Å². The predicted octanol–water partition coefficient (Wildman–Crippen LogP) is 7.06. The lowest BCUT2D eigenvalue weighted by Crippen LogP contribution is -2.22. The summed E-state index contributed by atoms with van der Waals surface area (Å²) in [5.74, 6) is 1.06. The molecule has 1 aliphatic rings. The number of carbonyl (C=O) groups excluding carboxylic acids is 1. The first kappa shape index (κ1) is 23.3. The van der Waals surface area contributed by atoms with Crippen molar-refractivity contribution in [1.29, 1.82) is 0 Å². The smallest absolute Gasteiger partial charge is 0.138 e. The summed E-state index contributed by atoms with van der Waals surface area (Å²) in [6, 6.07) is 10.6. The van der Waals surface area contributed by atoms with Crippen LogP contribution in [0, 0.1) is 5.92 Å². The molecule has 6 heteroatoms. The highest BCUT2D eigenvalue weighted by atomic mass is 32.1. The van der Waals surface area contributed by atoms with E-state index < -0.39 is 0 Å². The summed E-state index contributed by atoms with van der Waals surface area (Å²) < 4.78 is 1.19. The maximum Gasteiger partial charge on any atom is 0.138 e. The standard InChI is InChI=1S/C28H31N3OS2/c1-3-18(2)5-4-6-21(32)16-25-27(22-11-14-30-17-26(22)33-25)28-31-23-15-20(7-8-24(23)34-28)19-9-12-29-13-10-19/h7-10,12-13,15,18,30H,3-6,11,14,16-17H2,1-2H3/t18-/m0/s1. The number of nitrogens with zero attached hydrogens (tertiary/aromatic N) is 2. The fourth-order valence-corrected chi connectivity index (χ4v) is 7.11. The van der Waals surface area contributed by atoms with E-state index in [0.717, 1.165) is 54.0 Å². The number of ketones is 1. The summed E-state index contributed by atoms with van der Waals surface area (Å²) in [6.07, 6.45) is 9.18. The Hall–Kier alpha value is -2.41. The fraction of sp³-hybridized carbons (Fsp3) is 0.393. The van der Waals surface area contributed by atoms with Gasteiger partial charge in [0.1, 0.15) is 10.8 Å². The van der Waals surface area contributed by atoms with Crippen molar-refractivity contribution in [3.05, 3.63) is 58.0 Å². The van der Waals surface area contributed by atoms with Crippen LogP contribution in [0.4, 0.5) is 0 Å². The van der Waals surface area contributed by atoms with Gasteiger partial charge in [-0.15, -0.1) is 22.7 Å². The molecule has 1 aliphatic heterocycles. The number of fused-ring (bicyclic) bond motifs is 2. The number of thiophene rings is 1. The molecule has 0 radical (unpaired) electrons. The summed E-state index contributed by atoms with van der Waals surface area (Å²) in [5, 5.41) is 4.55. The van der Waals surface area contributed by atoms with E-state index in [1.807, 2.05) is 35.9 Å². The molecule has 34 heavy (non-hydrogen) atoms. The van der Waals surface area contributed by atoms with Gasteiger partial charge < -0.3 is 5.32 Å². The zero-order valence-electron chi connectivity index (χ0n) is 19.9. The Morgan fingerprint density at radius 3 is 2.82 bits per heavy atom. The molecule has 4 heterocycles. The topological polar surface area (TPSA) is 54.9 Å². The average Bonchev–Trinajstić information content (AvgIpc) is 3.44. The van der Waals surface area contributed by atoms with E-state index in [0.29, 0.717) is 24.5 Å². The van der Waals surface area contributed by atoms with Crippen molar-refractivity contribution in [3.8, 4) is 21.7 Å². The Kier molecular flexibility index (Phi) is 7.18. The molecule has 4 aromatic rings. The molecule has 4 nitrogen and oxygen atoms in total. The number of Topliss-reactive ketones (excluding diaryl/α,β-unsaturated/α-hetero) is 1. The molecule has 0 saturated heterocycles. The van der Waals surface area contributed by atoms with Crippen LogP contribution in [0.3, 0.4) is 0 Å². The summed E-state index contributed by atoms with van der Waals surface area (Å²) in [5.41, 5.74) is 5.96. The molecule has 0 bridgehead atoms. The van der Waals surface area contributed by atoms with E-state index in [-0.39, 0.29) is 0 Å². The summed E-state index contributed by atoms with van der Waals surface area (Å²) in [6.45, 7) is 6.37. The quantitative estimate of drug-likeness (QED) is 0.273. The molecule has 0 amide bonds. The van der Waals surface area contributed by atoms with Crippen LogP contribution in [0.1, 0.15) is 54.8 Å². The number of hydrogen-bond acceptors (Lipinski definition) is 6. The largest absolute Gasteiger partial charge is 0.312 e. The van der Waals surface area contributed by atoms with Crippen LogP contribution in [0.15, 0.2) is 42.7 Å². The van der Waals surface area contributed by atoms with Crippen LogP contribution in [0.25, 0.3) is 31.9 Å². The van der Waals surface area contributed by atoms with Gasteiger partial charge in [0.05, 0.1) is 10.2 Å². The van der Waals surface area contributed by atoms with Crippen LogP contribution in [0.2, 0.25) is 0 Å². The van der Waals surface area contributed by atoms with Crippen molar-refractivity contribution < 1.29 is 4.79 Å². The van der Waals surface area contributed by atoms with Gasteiger partial charge in [-0.05, 0) is 66.3 Å². The van der Waals surface area contributed by atoms with E-state index >= 15 is 0 Å². The molecule has 5 rings (SSSR count). The summed E-state index contributed by atoms with van der Waals surface area (Å²) >= 11 is 3.56. The normalized spacial score (nSPS) is 14.3. The van der Waals surface area contributed by atoms with Crippen molar-refractivity contribution in [2.24, 2.45) is 5.92 Å². The summed E-state index contributed by atoms with van der Waals surface area (Å²) in [4.78, 5) is 24.7. The lowest BCUT2D eigenvalue weighted by Gasteiger charge is -2.13. The first-order valence-corrected chi connectivity index (χ1v) is 13.9. The van der Waals surface area contributed by atoms with Crippen LogP contribution >= 0.6 is 22.7 Å². The molecule has 0 saturated carbocycles. The highest BCUT2D eigenvalue weighted by molar-refractivity contribution is 7.22. The van der Waals surface area contributed by atoms with Crippen molar-refractivity contribution in [2.45, 2.75) is 58.9 Å². The lowest BCUT2D eigenvalue weighted by molar-refractivity contribution is -0.118. The van der Waals surface area contributed by atoms with E-state index in [4.69, 9.17) is 4.98 Å². The zero-order valence-corrected chi connectivity index (χ0v) is 21.5. The Morgan fingerprint density at radius 2 is 2.00 bits per heavy atom. The van der Waals surface area contributed by atoms with Gasteiger partial charge in [-0.1, -0.05) is 32.8 Å². The number of hydrogen-bond donors (Lipinski definition) is 1. The first-order valence-electron chi connectivity index (χ1n) is 12.3. The van der Waals surface area contributed by atoms with E-state index in [9.17, 15) is 4.79 Å². The highest BCUT2D eigenvalue weighted by Gasteiger charge is 2.25. The second kappa shape index (κ2) is 10.5. The Labute approximate surface area is 209 Å². The van der Waals surface area contributed by atoms with Crippen molar-refractivity contribution in [2.75, 3.05) is 6.54 Å². The Morgan fingerprint density at radius 1 is 1.15 bits per heavy atom. The monoisotopic (exact) mass is 489 g/mol. The highest BCUT2D eigenvalue weighted by Crippen LogP contribution is 2.42. The van der Waals surface area contributed by atoms with Crippen molar-refractivity contribution in [1.82, 2.24) is 15.3 Å². The molecular formula is C28H31N3OS2. The number of nitrogens with one attached hydrogen (secondary N) is 1. The number of thiazole rings is 1. The third-order valence-electron chi connectivity index (χ3n) is 6.82. The minimum absolute atomic E-state index is 0.359. The second-order valence-corrected chi connectivity index (χ2v) is 11.5. The molecule has 1 atom stereocenters. The fourth-order valence-electron chi connectivity index (χ4n) is 4.64. The SMILES string of the molecule is CC[C@H](C)CCCC(=O)Cc1sc2c(c1-c1nc3cc(-c4ccncc4)ccc3s1)CCNC2. The zero-order chi connectivity index (χ0) is 23.5. The van der Waals surface area contributed by atoms with Gasteiger partial charge in [0, 0.05) is 47.1 Å². The molecule has 0 aliphatic carbocycles. The second-order valence-electron chi connectivity index (χ2n) is 9.29. The molecule has 0 spiro atoms. The number of pyridine rings is 1. The van der Waals surface area contributed by atoms with Crippen LogP contribution in [-0.4, -0.2) is 22.3 Å². The van der Waals surface area contributed by atoms with Gasteiger partial charge in [0.2, 0.25) is 0 Å². The maximum absolute atomic E-state index is 12.9. The van der Waals surface area contributed by atoms with Crippen molar-refractivity contribution >= 4 is 38.7 Å². The lowest BCUT2D eigenvalue weighted by atomic mass is 9.98. The molecule has 176 valence electrons. The third-order valence-corrected chi connectivity index (χ3v) is 9.11. The van der Waals surface area contributed by atoms with Gasteiger partial charge >= 0.3 is 0 Å². The predicted molar refractivity (Wildman–Crippen MR) is 144 cm³/mol. The average molecular weight is 490 g/mol. The molecule has 1 aromatic carbocycles. The number of carbonyl (C=O) groups is 1. The maximum atomic E-state index is 12.9. The molecular weight excluding hydrogens is 458 g/mol. The molecule has 0 fully saturated rings. The minimum Gasteiger partial charge on any atom is -0.312 e. The first-order chi connectivity index (χ1) is 16.6. The minimum atomic E-state index is 0.359. The third kappa shape index (κ3) is 4.99. The van der Waals surface area contributed by atoms with Gasteiger partial charge in [0.25, 0.3) is 0 Å². The van der Waals surface area contributed by atoms with Crippen LogP contribution < -0.4 is 5.32 Å². The van der Waals surface area contributed by atoms with Gasteiger partial charge in [-0.3, -0.25) is 9.78 Å². The Balaban J connectivity index is 1.45. The molecule has 0 unspecified atom stereocenters. The van der Waals surface area contributed by atoms with E-state index in [1.54, 1.807) is 11.3 Å². The Bertz CT molecular complexity index is 1290. The number of aromatic nitrogens is 2. The van der Waals surface area contributed by atoms with Crippen molar-refractivity contribution in [3.63, 3.8) is 0 Å². The van der Waals surface area contributed by atoms with Gasteiger partial charge in [-0.2, -0.15) is 0 Å². The van der Waals surface area contributed by atoms with Crippen LogP contribution in [0.5, 0.6) is 0 Å². The van der Waals surface area contributed by atoms with Gasteiger partial charge in [0.15, 0.2) is 0 Å². The molecule has 3 aromatic heterocycles. The molecule has 1 N–H and O–H groups in total. The summed E-state index contributed by atoms with van der Waals surface area (Å²) in [7, 11) is 0. The van der Waals surface area contributed by atoms with Crippen LogP contribution in [-0.2, 0) is 24.2 Å².